The van der Waals surface area contributed by atoms with Crippen molar-refractivity contribution >= 4 is 26.5 Å². The molecule has 1 aliphatic carbocycles. The average Bonchev–Trinajstić information content (AvgIpc) is 3.42. The van der Waals surface area contributed by atoms with E-state index in [1.807, 2.05) is 0 Å². The quantitative estimate of drug-likeness (QED) is 0.473. The van der Waals surface area contributed by atoms with E-state index in [1.54, 1.807) is 19.3 Å². The van der Waals surface area contributed by atoms with Crippen LogP contribution in [0.4, 0.5) is 13.2 Å². The van der Waals surface area contributed by atoms with Gasteiger partial charge in [-0.1, -0.05) is 6.92 Å². The van der Waals surface area contributed by atoms with Crippen molar-refractivity contribution in [1.29, 1.82) is 0 Å². The van der Waals surface area contributed by atoms with Crippen LogP contribution in [0.2, 0.25) is 0 Å². The fourth-order valence-electron chi connectivity index (χ4n) is 3.65. The first-order chi connectivity index (χ1) is 14.6. The summed E-state index contributed by atoms with van der Waals surface area (Å²) in [5.74, 6) is 0.250. The maximum atomic E-state index is 13.1. The number of hydrogen-bond donors (Lipinski definition) is 0. The van der Waals surface area contributed by atoms with Crippen LogP contribution < -0.4 is 0 Å². The van der Waals surface area contributed by atoms with Crippen LogP contribution in [0.5, 0.6) is 0 Å². The number of sulfone groups is 1. The molecule has 5 rings (SSSR count). The smallest absolute Gasteiger partial charge is 0.326 e. The van der Waals surface area contributed by atoms with Crippen LogP contribution in [0, 0.1) is 0 Å². The zero-order valence-corrected chi connectivity index (χ0v) is 17.4. The van der Waals surface area contributed by atoms with Crippen molar-refractivity contribution in [2.24, 2.45) is 7.05 Å². The van der Waals surface area contributed by atoms with Crippen LogP contribution in [0.1, 0.15) is 37.1 Å². The van der Waals surface area contributed by atoms with Crippen LogP contribution in [-0.4, -0.2) is 43.3 Å². The van der Waals surface area contributed by atoms with E-state index in [9.17, 15) is 21.6 Å². The number of aromatic nitrogens is 6. The molecule has 1 fully saturated rings. The van der Waals surface area contributed by atoms with Gasteiger partial charge < -0.3 is 4.57 Å². The molecule has 1 saturated carbocycles. The highest BCUT2D eigenvalue weighted by Gasteiger charge is 2.35. The van der Waals surface area contributed by atoms with Crippen molar-refractivity contribution in [3.8, 4) is 11.4 Å². The number of pyridine rings is 1. The summed E-state index contributed by atoms with van der Waals surface area (Å²) in [4.78, 5) is 12.2. The first-order valence-electron chi connectivity index (χ1n) is 9.62. The lowest BCUT2D eigenvalue weighted by molar-refractivity contribution is -0.141. The topological polar surface area (TPSA) is 95.0 Å². The second kappa shape index (κ2) is 6.49. The molecule has 8 nitrogen and oxygen atoms in total. The van der Waals surface area contributed by atoms with Crippen molar-refractivity contribution in [3.05, 3.63) is 35.9 Å². The maximum Gasteiger partial charge on any atom is 0.433 e. The van der Waals surface area contributed by atoms with Gasteiger partial charge in [0.2, 0.25) is 0 Å². The van der Waals surface area contributed by atoms with E-state index in [1.165, 1.54) is 16.0 Å². The van der Waals surface area contributed by atoms with Crippen LogP contribution >= 0.6 is 0 Å². The van der Waals surface area contributed by atoms with Gasteiger partial charge in [0.15, 0.2) is 20.5 Å². The predicted octanol–water partition coefficient (Wildman–Crippen LogP) is 3.37. The Bertz CT molecular complexity index is 1450. The number of imidazole rings is 1. The molecule has 12 heteroatoms. The Morgan fingerprint density at radius 1 is 1.23 bits per heavy atom. The molecule has 0 atom stereocenters. The molecular weight excluding hydrogens is 433 g/mol. The molecule has 162 valence electrons. The van der Waals surface area contributed by atoms with Crippen LogP contribution in [0.3, 0.4) is 0 Å². The molecule has 0 N–H and O–H groups in total. The Hall–Kier alpha value is -3.02. The lowest BCUT2D eigenvalue weighted by Crippen LogP contribution is -2.07. The van der Waals surface area contributed by atoms with Gasteiger partial charge in [-0.25, -0.2) is 27.9 Å². The molecule has 0 amide bonds. The van der Waals surface area contributed by atoms with Gasteiger partial charge in [0.05, 0.1) is 23.0 Å². The Kier molecular flexibility index (Phi) is 4.17. The molecule has 31 heavy (non-hydrogen) atoms. The average molecular weight is 450 g/mol. The molecule has 4 heterocycles. The Balaban J connectivity index is 1.84. The van der Waals surface area contributed by atoms with Gasteiger partial charge in [0, 0.05) is 24.9 Å². The molecule has 0 saturated heterocycles. The summed E-state index contributed by atoms with van der Waals surface area (Å²) in [7, 11) is -2.17. The van der Waals surface area contributed by atoms with Crippen molar-refractivity contribution in [2.75, 3.05) is 5.75 Å². The number of rotatable bonds is 4. The van der Waals surface area contributed by atoms with Crippen molar-refractivity contribution in [1.82, 2.24) is 29.1 Å². The summed E-state index contributed by atoms with van der Waals surface area (Å²) in [6.07, 6.45) is -0.00169. The number of fused-ring (bicyclic) bond motifs is 2. The van der Waals surface area contributed by atoms with Crippen LogP contribution in [0.15, 0.2) is 29.6 Å². The molecule has 4 aromatic rings. The minimum absolute atomic E-state index is 0.0531. The zero-order valence-electron chi connectivity index (χ0n) is 16.5. The summed E-state index contributed by atoms with van der Waals surface area (Å²) in [6.45, 7) is 1.51. The molecule has 0 bridgehead atoms. The fourth-order valence-corrected chi connectivity index (χ4v) is 4.62. The Morgan fingerprint density at radius 3 is 2.61 bits per heavy atom. The fraction of sp³-hybridized carbons (Fsp3) is 0.368. The van der Waals surface area contributed by atoms with E-state index >= 15 is 0 Å². The summed E-state index contributed by atoms with van der Waals surface area (Å²) >= 11 is 0. The molecule has 0 aromatic carbocycles. The number of aryl methyl sites for hydroxylation is 1. The van der Waals surface area contributed by atoms with Gasteiger partial charge in [-0.3, -0.25) is 0 Å². The maximum absolute atomic E-state index is 13.1. The number of alkyl halides is 3. The zero-order chi connectivity index (χ0) is 22.1. The largest absolute Gasteiger partial charge is 0.433 e. The third-order valence-corrected chi connectivity index (χ3v) is 7.10. The first-order valence-corrected chi connectivity index (χ1v) is 11.3. The standard InChI is InChI=1S/C19H17F3N6O2S/c1-3-31(29,30)18-15(16-23-7-6-12(10-4-5-10)28(16)26-18)17-25-11-8-14(19(20,21)22)24-9-13(11)27(17)2/h6-10H,3-5H2,1-2H3. The third-order valence-electron chi connectivity index (χ3n) is 5.47. The lowest BCUT2D eigenvalue weighted by atomic mass is 10.2. The van der Waals surface area contributed by atoms with Gasteiger partial charge >= 0.3 is 6.18 Å². The first kappa shape index (κ1) is 19.9. The number of halogens is 3. The lowest BCUT2D eigenvalue weighted by Gasteiger charge is -2.05. The van der Waals surface area contributed by atoms with Crippen molar-refractivity contribution in [3.63, 3.8) is 0 Å². The van der Waals surface area contributed by atoms with Gasteiger partial charge in [0.1, 0.15) is 17.1 Å². The highest BCUT2D eigenvalue weighted by atomic mass is 32.2. The highest BCUT2D eigenvalue weighted by Crippen LogP contribution is 2.41. The Labute approximate surface area is 174 Å². The summed E-state index contributed by atoms with van der Waals surface area (Å²) < 4.78 is 68.1. The van der Waals surface area contributed by atoms with Crippen molar-refractivity contribution < 1.29 is 21.6 Å². The molecule has 4 aromatic heterocycles. The SMILES string of the molecule is CCS(=O)(=O)c1nn2c(C3CC3)ccnc2c1-c1nc2cc(C(F)(F)F)ncc2n1C. The highest BCUT2D eigenvalue weighted by molar-refractivity contribution is 7.91. The number of hydrogen-bond acceptors (Lipinski definition) is 6. The van der Waals surface area contributed by atoms with Crippen LogP contribution in [-0.2, 0) is 23.1 Å². The van der Waals surface area contributed by atoms with Crippen LogP contribution in [0.25, 0.3) is 28.1 Å². The second-order valence-electron chi connectivity index (χ2n) is 7.51. The summed E-state index contributed by atoms with van der Waals surface area (Å²) in [5.41, 5.74) is 0.650. The van der Waals surface area contributed by atoms with E-state index in [0.29, 0.717) is 11.2 Å². The van der Waals surface area contributed by atoms with Gasteiger partial charge in [-0.2, -0.15) is 18.3 Å². The minimum atomic E-state index is -4.62. The van der Waals surface area contributed by atoms with Gasteiger partial charge in [0.25, 0.3) is 0 Å². The predicted molar refractivity (Wildman–Crippen MR) is 105 cm³/mol. The van der Waals surface area contributed by atoms with E-state index in [-0.39, 0.29) is 33.6 Å². The molecule has 0 unspecified atom stereocenters. The van der Waals surface area contributed by atoms with E-state index < -0.39 is 21.7 Å². The normalized spacial score (nSPS) is 15.3. The molecule has 1 aliphatic rings. The summed E-state index contributed by atoms with van der Waals surface area (Å²) in [5, 5.41) is 4.20. The molecule has 0 spiro atoms. The molecular formula is C19H17F3N6O2S. The molecule has 0 aliphatic heterocycles. The minimum Gasteiger partial charge on any atom is -0.326 e. The van der Waals surface area contributed by atoms with Gasteiger partial charge in [-0.15, -0.1) is 0 Å². The summed E-state index contributed by atoms with van der Waals surface area (Å²) in [6, 6.07) is 2.65. The Morgan fingerprint density at radius 2 is 1.97 bits per heavy atom. The number of nitrogens with zero attached hydrogens (tertiary/aromatic N) is 6. The van der Waals surface area contributed by atoms with Crippen molar-refractivity contribution in [2.45, 2.75) is 36.9 Å². The van der Waals surface area contributed by atoms with E-state index in [0.717, 1.165) is 30.8 Å². The van der Waals surface area contributed by atoms with E-state index in [2.05, 4.69) is 20.1 Å². The molecule has 0 radical (unpaired) electrons. The third kappa shape index (κ3) is 3.08. The van der Waals surface area contributed by atoms with E-state index in [4.69, 9.17) is 0 Å². The van der Waals surface area contributed by atoms with Gasteiger partial charge in [-0.05, 0) is 25.0 Å². The monoisotopic (exact) mass is 450 g/mol. The second-order valence-corrected chi connectivity index (χ2v) is 9.71.